The van der Waals surface area contributed by atoms with E-state index in [9.17, 15) is 9.59 Å². The molecule has 0 heterocycles. The molecule has 0 aliphatic heterocycles. The number of ether oxygens (including phenoxy) is 2. The molecule has 0 fully saturated rings. The molecule has 1 amide bonds. The maximum Gasteiger partial charge on any atom is 0.338 e. The van der Waals surface area contributed by atoms with Gasteiger partial charge in [0.15, 0.2) is 12.4 Å². The van der Waals surface area contributed by atoms with Crippen molar-refractivity contribution in [2.75, 3.05) is 11.9 Å². The normalized spacial score (nSPS) is 10.7. The van der Waals surface area contributed by atoms with Crippen molar-refractivity contribution < 1.29 is 19.1 Å². The van der Waals surface area contributed by atoms with Gasteiger partial charge in [0, 0.05) is 5.69 Å². The lowest BCUT2D eigenvalue weighted by molar-refractivity contribution is -0.118. The van der Waals surface area contributed by atoms with Crippen molar-refractivity contribution in [3.8, 4) is 5.75 Å². The zero-order valence-corrected chi connectivity index (χ0v) is 18.4. The molecule has 0 saturated carbocycles. The zero-order chi connectivity index (χ0) is 21.0. The van der Waals surface area contributed by atoms with Gasteiger partial charge in [-0.2, -0.15) is 0 Å². The minimum atomic E-state index is -0.494. The van der Waals surface area contributed by atoms with Crippen molar-refractivity contribution in [3.05, 3.63) is 54.9 Å². The summed E-state index contributed by atoms with van der Waals surface area (Å²) in [5.41, 5.74) is 0.825. The van der Waals surface area contributed by atoms with Gasteiger partial charge >= 0.3 is 5.97 Å². The van der Waals surface area contributed by atoms with Crippen molar-refractivity contribution in [2.24, 2.45) is 0 Å². The third-order valence-electron chi connectivity index (χ3n) is 3.26. The molecular weight excluding hydrogens is 471 g/mol. The van der Waals surface area contributed by atoms with Crippen LogP contribution in [0, 0.1) is 0 Å². The number of hydrogen-bond acceptors (Lipinski definition) is 4. The van der Waals surface area contributed by atoms with Crippen molar-refractivity contribution in [1.29, 1.82) is 0 Å². The first-order chi connectivity index (χ1) is 13.1. The number of carbonyl (C=O) groups is 2. The summed E-state index contributed by atoms with van der Waals surface area (Å²) in [6.45, 7) is 3.10. The maximum atomic E-state index is 12.1. The van der Waals surface area contributed by atoms with Gasteiger partial charge in [0.2, 0.25) is 0 Å². The van der Waals surface area contributed by atoms with E-state index in [0.29, 0.717) is 11.3 Å². The van der Waals surface area contributed by atoms with Crippen molar-refractivity contribution >= 4 is 75.6 Å². The quantitative estimate of drug-likeness (QED) is 0.287. The third kappa shape index (κ3) is 5.58. The van der Waals surface area contributed by atoms with Gasteiger partial charge in [-0.15, -0.1) is 0 Å². The van der Waals surface area contributed by atoms with E-state index in [2.05, 4.69) is 5.32 Å². The second-order valence-corrected chi connectivity index (χ2v) is 7.66. The highest BCUT2D eigenvalue weighted by atomic mass is 35.5. The lowest BCUT2D eigenvalue weighted by Gasteiger charge is -2.14. The molecular formula is C18H14Cl5NO4. The molecule has 0 radical (unpaired) electrons. The highest BCUT2D eigenvalue weighted by Gasteiger charge is 2.21. The summed E-state index contributed by atoms with van der Waals surface area (Å²) in [6, 6.07) is 6.19. The number of carbonyl (C=O) groups excluding carboxylic acids is 2. The predicted octanol–water partition coefficient (Wildman–Crippen LogP) is 6.54. The predicted molar refractivity (Wildman–Crippen MR) is 113 cm³/mol. The second-order valence-electron chi connectivity index (χ2n) is 5.77. The first-order valence-corrected chi connectivity index (χ1v) is 9.76. The average molecular weight is 486 g/mol. The Morgan fingerprint density at radius 3 is 1.89 bits per heavy atom. The topological polar surface area (TPSA) is 64.6 Å². The van der Waals surface area contributed by atoms with Crippen LogP contribution < -0.4 is 10.1 Å². The molecule has 1 N–H and O–H groups in total. The Kier molecular flexibility index (Phi) is 8.10. The first kappa shape index (κ1) is 22.9. The molecule has 2 aromatic rings. The van der Waals surface area contributed by atoms with E-state index >= 15 is 0 Å². The van der Waals surface area contributed by atoms with Gasteiger partial charge in [-0.25, -0.2) is 4.79 Å². The summed E-state index contributed by atoms with van der Waals surface area (Å²) in [5, 5.41) is 2.43. The van der Waals surface area contributed by atoms with Crippen LogP contribution in [0.3, 0.4) is 0 Å². The highest BCUT2D eigenvalue weighted by molar-refractivity contribution is 6.55. The molecule has 0 spiro atoms. The van der Waals surface area contributed by atoms with Gasteiger partial charge in [-0.3, -0.25) is 4.79 Å². The molecule has 2 aromatic carbocycles. The first-order valence-electron chi connectivity index (χ1n) is 7.87. The summed E-state index contributed by atoms with van der Waals surface area (Å²) >= 11 is 29.9. The van der Waals surface area contributed by atoms with Crippen molar-refractivity contribution in [3.63, 3.8) is 0 Å². The van der Waals surface area contributed by atoms with Gasteiger partial charge in [0.05, 0.1) is 26.7 Å². The fourth-order valence-corrected chi connectivity index (χ4v) is 3.25. The third-order valence-corrected chi connectivity index (χ3v) is 5.51. The number of benzene rings is 2. The lowest BCUT2D eigenvalue weighted by atomic mass is 10.2. The second kappa shape index (κ2) is 9.90. The molecule has 0 aromatic heterocycles. The number of anilines is 1. The average Bonchev–Trinajstić information content (AvgIpc) is 2.64. The summed E-state index contributed by atoms with van der Waals surface area (Å²) in [7, 11) is 0. The Bertz CT molecular complexity index is 871. The molecule has 0 atom stereocenters. The van der Waals surface area contributed by atoms with Gasteiger partial charge < -0.3 is 14.8 Å². The van der Waals surface area contributed by atoms with Crippen LogP contribution in [0.5, 0.6) is 5.75 Å². The SMILES string of the molecule is CC(C)OC(=O)c1ccc(NC(=O)COc2c(Cl)c(Cl)c(Cl)c(Cl)c2Cl)cc1. The highest BCUT2D eigenvalue weighted by Crippen LogP contribution is 2.48. The fourth-order valence-electron chi connectivity index (χ4n) is 2.02. The molecule has 150 valence electrons. The van der Waals surface area contributed by atoms with Crippen LogP contribution in [0.1, 0.15) is 24.2 Å². The smallest absolute Gasteiger partial charge is 0.338 e. The van der Waals surface area contributed by atoms with Gasteiger partial charge in [-0.1, -0.05) is 58.0 Å². The van der Waals surface area contributed by atoms with E-state index in [4.69, 9.17) is 67.5 Å². The van der Waals surface area contributed by atoms with Gasteiger partial charge in [0.25, 0.3) is 5.91 Å². The minimum Gasteiger partial charge on any atom is -0.481 e. The Balaban J connectivity index is 2.01. The van der Waals surface area contributed by atoms with Crippen LogP contribution in [0.2, 0.25) is 25.1 Å². The van der Waals surface area contributed by atoms with Crippen LogP contribution in [-0.2, 0) is 9.53 Å². The number of hydrogen-bond donors (Lipinski definition) is 1. The van der Waals surface area contributed by atoms with E-state index in [0.717, 1.165) is 0 Å². The Morgan fingerprint density at radius 1 is 0.893 bits per heavy atom. The minimum absolute atomic E-state index is 0.00813. The molecule has 0 bridgehead atoms. The Labute approximate surface area is 186 Å². The Morgan fingerprint density at radius 2 is 1.39 bits per heavy atom. The van der Waals surface area contributed by atoms with Crippen molar-refractivity contribution in [2.45, 2.75) is 20.0 Å². The summed E-state index contributed by atoms with van der Waals surface area (Å²) in [6.07, 6.45) is -0.224. The van der Waals surface area contributed by atoms with E-state index in [1.54, 1.807) is 26.0 Å². The van der Waals surface area contributed by atoms with Crippen molar-refractivity contribution in [1.82, 2.24) is 0 Å². The molecule has 0 aliphatic rings. The van der Waals surface area contributed by atoms with Crippen LogP contribution in [0.25, 0.3) is 0 Å². The summed E-state index contributed by atoms with van der Waals surface area (Å²) in [5.74, 6) is -0.992. The van der Waals surface area contributed by atoms with E-state index < -0.39 is 18.5 Å². The van der Waals surface area contributed by atoms with E-state index in [1.165, 1.54) is 12.1 Å². The van der Waals surface area contributed by atoms with Crippen LogP contribution in [0.4, 0.5) is 5.69 Å². The largest absolute Gasteiger partial charge is 0.481 e. The van der Waals surface area contributed by atoms with Gasteiger partial charge in [-0.05, 0) is 38.1 Å². The van der Waals surface area contributed by atoms with Crippen LogP contribution in [-0.4, -0.2) is 24.6 Å². The monoisotopic (exact) mass is 483 g/mol. The molecule has 0 unspecified atom stereocenters. The maximum absolute atomic E-state index is 12.1. The molecule has 2 rings (SSSR count). The van der Waals surface area contributed by atoms with Gasteiger partial charge in [0.1, 0.15) is 10.0 Å². The number of halogens is 5. The van der Waals surface area contributed by atoms with Crippen LogP contribution in [0.15, 0.2) is 24.3 Å². The van der Waals surface area contributed by atoms with E-state index in [-0.39, 0.29) is 37.0 Å². The van der Waals surface area contributed by atoms with Crippen LogP contribution >= 0.6 is 58.0 Å². The molecule has 0 aliphatic carbocycles. The molecule has 10 heteroatoms. The molecule has 0 saturated heterocycles. The summed E-state index contributed by atoms with van der Waals surface area (Å²) in [4.78, 5) is 23.9. The number of rotatable bonds is 6. The number of amides is 1. The summed E-state index contributed by atoms with van der Waals surface area (Å²) < 4.78 is 10.4. The fraction of sp³-hybridized carbons (Fsp3) is 0.222. The standard InChI is InChI=1S/C18H14Cl5NO4/c1-8(2)28-18(26)9-3-5-10(6-4-9)24-11(25)7-27-17-15(22)13(20)12(19)14(21)16(17)23/h3-6,8H,7H2,1-2H3,(H,24,25). The number of esters is 1. The Hall–Kier alpha value is -1.37. The number of nitrogens with one attached hydrogen (secondary N) is 1. The van der Waals surface area contributed by atoms with E-state index in [1.807, 2.05) is 0 Å². The lowest BCUT2D eigenvalue weighted by Crippen LogP contribution is -2.20. The molecule has 28 heavy (non-hydrogen) atoms. The molecule has 5 nitrogen and oxygen atoms in total. The zero-order valence-electron chi connectivity index (χ0n) is 14.6.